The van der Waals surface area contributed by atoms with E-state index >= 15 is 0 Å². The Kier molecular flexibility index (Phi) is 7.65. The van der Waals surface area contributed by atoms with E-state index < -0.39 is 5.91 Å². The second-order valence-corrected chi connectivity index (χ2v) is 10.1. The number of aromatic nitrogens is 1. The number of nitrogens with one attached hydrogen (secondary N) is 2. The molecule has 0 bridgehead atoms. The third-order valence-electron chi connectivity index (χ3n) is 7.22. The van der Waals surface area contributed by atoms with Crippen LogP contribution in [0.4, 0.5) is 5.69 Å². The zero-order chi connectivity index (χ0) is 27.5. The molecule has 10 nitrogen and oxygen atoms in total. The van der Waals surface area contributed by atoms with Crippen LogP contribution >= 0.6 is 0 Å². The molecule has 2 aliphatic rings. The summed E-state index contributed by atoms with van der Waals surface area (Å²) in [5.41, 5.74) is 1.98. The summed E-state index contributed by atoms with van der Waals surface area (Å²) in [5, 5.41) is 9.51. The van der Waals surface area contributed by atoms with Crippen molar-refractivity contribution in [1.82, 2.24) is 15.4 Å². The third-order valence-corrected chi connectivity index (χ3v) is 7.22. The molecule has 10 heteroatoms. The van der Waals surface area contributed by atoms with Crippen molar-refractivity contribution in [3.8, 4) is 5.75 Å². The molecule has 3 amide bonds. The van der Waals surface area contributed by atoms with Gasteiger partial charge in [-0.3, -0.25) is 14.4 Å². The number of aryl methyl sites for hydroxylation is 1. The van der Waals surface area contributed by atoms with Gasteiger partial charge in [-0.1, -0.05) is 35.5 Å². The van der Waals surface area contributed by atoms with Gasteiger partial charge in [-0.05, 0) is 50.5 Å². The highest BCUT2D eigenvalue weighted by Gasteiger charge is 2.39. The number of hydrogen-bond acceptors (Lipinski definition) is 7. The van der Waals surface area contributed by atoms with Gasteiger partial charge in [0.2, 0.25) is 5.91 Å². The first kappa shape index (κ1) is 26.4. The lowest BCUT2D eigenvalue weighted by Crippen LogP contribution is -2.54. The maximum absolute atomic E-state index is 13.5. The monoisotopic (exact) mass is 532 g/mol. The highest BCUT2D eigenvalue weighted by Crippen LogP contribution is 2.32. The number of likely N-dealkylation sites (N-methyl/N-ethyl adjacent to an activating group) is 1. The van der Waals surface area contributed by atoms with E-state index in [1.807, 2.05) is 37.3 Å². The van der Waals surface area contributed by atoms with Crippen molar-refractivity contribution >= 4 is 23.4 Å². The first-order valence-corrected chi connectivity index (χ1v) is 13.1. The molecule has 39 heavy (non-hydrogen) atoms. The smallest absolute Gasteiger partial charge is 0.277 e. The van der Waals surface area contributed by atoms with Crippen LogP contribution in [0.3, 0.4) is 0 Å². The largest absolute Gasteiger partial charge is 0.490 e. The van der Waals surface area contributed by atoms with Gasteiger partial charge in [0, 0.05) is 18.8 Å². The Morgan fingerprint density at radius 3 is 2.67 bits per heavy atom. The van der Waals surface area contributed by atoms with Gasteiger partial charge >= 0.3 is 0 Å². The minimum absolute atomic E-state index is 0.0771. The molecule has 0 spiro atoms. The summed E-state index contributed by atoms with van der Waals surface area (Å²) in [4.78, 5) is 40.3. The summed E-state index contributed by atoms with van der Waals surface area (Å²) in [5.74, 6) is 0.183. The normalized spacial score (nSPS) is 21.5. The summed E-state index contributed by atoms with van der Waals surface area (Å²) in [6.07, 6.45) is 0.923. The first-order valence-electron chi connectivity index (χ1n) is 13.1. The Hall–Kier alpha value is -4.18. The second kappa shape index (κ2) is 11.3. The van der Waals surface area contributed by atoms with Crippen molar-refractivity contribution in [2.24, 2.45) is 0 Å². The molecule has 3 aromatic rings. The number of benzene rings is 2. The number of carbonyl (C=O) groups excluding carboxylic acids is 3. The number of ether oxygens (including phenoxy) is 2. The van der Waals surface area contributed by atoms with Gasteiger partial charge in [0.25, 0.3) is 11.8 Å². The zero-order valence-corrected chi connectivity index (χ0v) is 22.2. The van der Waals surface area contributed by atoms with E-state index in [-0.39, 0.29) is 54.8 Å². The molecule has 0 aliphatic carbocycles. The van der Waals surface area contributed by atoms with E-state index in [0.29, 0.717) is 35.6 Å². The summed E-state index contributed by atoms with van der Waals surface area (Å²) in [7, 11) is 1.75. The SMILES string of the molecule is Cc1cc(C(=O)Nc2ccc3c(c2)C(=O)N(C)[C@H]2CC[C@@H](CC(=O)N[C@@H](C)c4ccccc4)O[C@@H]2CO3)no1. The molecular formula is C29H32N4O6. The van der Waals surface area contributed by atoms with Gasteiger partial charge in [-0.15, -0.1) is 0 Å². The van der Waals surface area contributed by atoms with Crippen LogP contribution in [0, 0.1) is 6.92 Å². The molecule has 1 aromatic heterocycles. The minimum Gasteiger partial charge on any atom is -0.490 e. The van der Waals surface area contributed by atoms with Crippen molar-refractivity contribution < 1.29 is 28.4 Å². The summed E-state index contributed by atoms with van der Waals surface area (Å²) in [6, 6.07) is 16.0. The number of fused-ring (bicyclic) bond motifs is 2. The van der Waals surface area contributed by atoms with Crippen molar-refractivity contribution in [3.63, 3.8) is 0 Å². The summed E-state index contributed by atoms with van der Waals surface area (Å²) in [6.45, 7) is 3.89. The number of nitrogens with zero attached hydrogens (tertiary/aromatic N) is 2. The van der Waals surface area contributed by atoms with Gasteiger partial charge in [-0.25, -0.2) is 0 Å². The lowest BCUT2D eigenvalue weighted by atomic mass is 9.94. The number of rotatable bonds is 6. The lowest BCUT2D eigenvalue weighted by Gasteiger charge is -2.42. The van der Waals surface area contributed by atoms with Crippen LogP contribution < -0.4 is 15.4 Å². The number of carbonyl (C=O) groups is 3. The van der Waals surface area contributed by atoms with Crippen LogP contribution in [0.5, 0.6) is 5.75 Å². The third kappa shape index (κ3) is 5.96. The van der Waals surface area contributed by atoms with Crippen LogP contribution in [-0.2, 0) is 9.53 Å². The topological polar surface area (TPSA) is 123 Å². The van der Waals surface area contributed by atoms with E-state index in [9.17, 15) is 14.4 Å². The predicted octanol–water partition coefficient (Wildman–Crippen LogP) is 3.88. The molecule has 5 rings (SSSR count). The van der Waals surface area contributed by atoms with Gasteiger partial charge in [-0.2, -0.15) is 0 Å². The summed E-state index contributed by atoms with van der Waals surface area (Å²) < 4.78 is 17.3. The number of amides is 3. The van der Waals surface area contributed by atoms with Crippen molar-refractivity contribution in [2.75, 3.05) is 19.0 Å². The van der Waals surface area contributed by atoms with Crippen LogP contribution in [0.25, 0.3) is 0 Å². The van der Waals surface area contributed by atoms with Gasteiger partial charge in [0.05, 0.1) is 30.2 Å². The Bertz CT molecular complexity index is 1360. The summed E-state index contributed by atoms with van der Waals surface area (Å²) >= 11 is 0. The van der Waals surface area contributed by atoms with Crippen LogP contribution in [0.2, 0.25) is 0 Å². The van der Waals surface area contributed by atoms with Crippen molar-refractivity contribution in [1.29, 1.82) is 0 Å². The highest BCUT2D eigenvalue weighted by molar-refractivity contribution is 6.04. The van der Waals surface area contributed by atoms with E-state index in [4.69, 9.17) is 14.0 Å². The molecule has 3 heterocycles. The van der Waals surface area contributed by atoms with E-state index in [2.05, 4.69) is 15.8 Å². The molecule has 2 N–H and O–H groups in total. The molecular weight excluding hydrogens is 500 g/mol. The average molecular weight is 533 g/mol. The molecule has 0 saturated carbocycles. The molecule has 1 fully saturated rings. The van der Waals surface area contributed by atoms with Crippen LogP contribution in [0.15, 0.2) is 59.1 Å². The Morgan fingerprint density at radius 1 is 1.13 bits per heavy atom. The van der Waals surface area contributed by atoms with Crippen molar-refractivity contribution in [2.45, 2.75) is 57.4 Å². The molecule has 4 atom stereocenters. The van der Waals surface area contributed by atoms with Gasteiger partial charge in [0.1, 0.15) is 24.2 Å². The quantitative estimate of drug-likeness (QED) is 0.494. The molecule has 1 saturated heterocycles. The maximum atomic E-state index is 13.5. The fourth-order valence-corrected chi connectivity index (χ4v) is 5.11. The van der Waals surface area contributed by atoms with Crippen molar-refractivity contribution in [3.05, 3.63) is 77.2 Å². The average Bonchev–Trinajstić information content (AvgIpc) is 3.38. The van der Waals surface area contributed by atoms with Crippen LogP contribution in [0.1, 0.15) is 64.4 Å². The molecule has 0 unspecified atom stereocenters. The van der Waals surface area contributed by atoms with E-state index in [1.54, 1.807) is 37.1 Å². The number of anilines is 1. The predicted molar refractivity (Wildman–Crippen MR) is 143 cm³/mol. The van der Waals surface area contributed by atoms with Crippen LogP contribution in [-0.4, -0.2) is 59.7 Å². The minimum atomic E-state index is -0.437. The molecule has 0 radical (unpaired) electrons. The van der Waals surface area contributed by atoms with Gasteiger partial charge in [0.15, 0.2) is 5.69 Å². The Labute approximate surface area is 226 Å². The molecule has 204 valence electrons. The zero-order valence-electron chi connectivity index (χ0n) is 22.2. The highest BCUT2D eigenvalue weighted by atomic mass is 16.5. The van der Waals surface area contributed by atoms with Gasteiger partial charge < -0.3 is 29.5 Å². The van der Waals surface area contributed by atoms with E-state index in [0.717, 1.165) is 5.56 Å². The lowest BCUT2D eigenvalue weighted by molar-refractivity contribution is -0.134. The molecule has 2 aromatic carbocycles. The second-order valence-electron chi connectivity index (χ2n) is 10.1. The maximum Gasteiger partial charge on any atom is 0.277 e. The standard InChI is InChI=1S/C29H32N4O6/c1-17-13-23(32-39-17)28(35)31-20-9-12-25-22(14-20)29(36)33(3)24-11-10-21(38-26(24)16-37-25)15-27(34)30-18(2)19-7-5-4-6-8-19/h4-9,12-14,18,21,24,26H,10-11,15-16H2,1-3H3,(H,30,34)(H,31,35)/t18-,21-,24-,26+/m0/s1. The fraction of sp³-hybridized carbons (Fsp3) is 0.379. The first-order chi connectivity index (χ1) is 18.8. The molecule has 2 aliphatic heterocycles. The van der Waals surface area contributed by atoms with E-state index in [1.165, 1.54) is 6.07 Å². The fourth-order valence-electron chi connectivity index (χ4n) is 5.11. The Morgan fingerprint density at radius 2 is 1.92 bits per heavy atom. The Balaban J connectivity index is 1.23. The number of hydrogen-bond donors (Lipinski definition) is 2.